The molecule has 4 aliphatic carbocycles. The van der Waals surface area contributed by atoms with Crippen LogP contribution in [0.2, 0.25) is 0 Å². The minimum absolute atomic E-state index is 0.134. The molecule has 0 unspecified atom stereocenters. The van der Waals surface area contributed by atoms with Gasteiger partial charge in [0.1, 0.15) is 22.3 Å². The van der Waals surface area contributed by atoms with Crippen molar-refractivity contribution >= 4 is 71.7 Å². The predicted molar refractivity (Wildman–Crippen MR) is 414 cm³/mol. The maximum Gasteiger partial charge on any atom is 0.144 e. The molecule has 16 rings (SSSR count). The van der Waals surface area contributed by atoms with E-state index in [-0.39, 0.29) is 21.7 Å². The standard InChI is InChI=1S/C94H101NO2/c1-9-13-17-21-33-54-93(55-34-22-18-14-10-2)73-44-30-27-41-67(73)85-86-70-43-29-32-47-81(70)97-90(86)87-68-51-49-64(59-78(68)94(89(87)88(85)93,56-35-23-19-15-11-3)57-36-24-20-16-12-4)95(79-45-37-39-62-38-25-26-40-65(62)79)63-48-50-66-71-60-77-72(61-76(71)92(7,8)75(66)58-63)83-74(91(77,5)6)52-53-82-84(83)69-42-28-31-46-80(69)96-82/h25-32,37-53,58-61H,9-24,33-36,54-57H2,1-8H3. The molecule has 3 nitrogen and oxygen atoms in total. The summed E-state index contributed by atoms with van der Waals surface area (Å²) in [5, 5.41) is 7.54. The summed E-state index contributed by atoms with van der Waals surface area (Å²) in [6, 6.07) is 68.8. The Kier molecular flexibility index (Phi) is 16.8. The summed E-state index contributed by atoms with van der Waals surface area (Å²) in [5.74, 6) is 0. The van der Waals surface area contributed by atoms with Crippen molar-refractivity contribution in [3.05, 3.63) is 220 Å². The fourth-order valence-corrected chi connectivity index (χ4v) is 19.7. The number of unbranched alkanes of at least 4 members (excludes halogenated alkanes) is 16. The Hall–Kier alpha value is -8.14. The van der Waals surface area contributed by atoms with Crippen LogP contribution in [0.1, 0.15) is 254 Å². The number of fused-ring (bicyclic) bond motifs is 23. The van der Waals surface area contributed by atoms with Crippen LogP contribution in [0.5, 0.6) is 0 Å². The first kappa shape index (κ1) is 63.6. The Morgan fingerprint density at radius 1 is 0.309 bits per heavy atom. The Bertz CT molecular complexity index is 4940. The van der Waals surface area contributed by atoms with Crippen molar-refractivity contribution in [1.29, 1.82) is 0 Å². The largest absolute Gasteiger partial charge is 0.456 e. The number of nitrogens with zero attached hydrogens (tertiary/aromatic N) is 1. The van der Waals surface area contributed by atoms with Crippen LogP contribution in [0.3, 0.4) is 0 Å². The maximum atomic E-state index is 7.65. The van der Waals surface area contributed by atoms with Crippen molar-refractivity contribution in [2.45, 2.75) is 231 Å². The molecular formula is C94H101NO2. The van der Waals surface area contributed by atoms with Gasteiger partial charge >= 0.3 is 0 Å². The van der Waals surface area contributed by atoms with E-state index in [1.54, 1.807) is 16.7 Å². The molecule has 4 aliphatic rings. The Morgan fingerprint density at radius 2 is 0.784 bits per heavy atom. The lowest BCUT2D eigenvalue weighted by molar-refractivity contribution is 0.369. The molecule has 12 aromatic rings. The molecule has 0 spiro atoms. The Labute approximate surface area is 578 Å². The zero-order valence-corrected chi connectivity index (χ0v) is 59.5. The number of para-hydroxylation sites is 2. The highest BCUT2D eigenvalue weighted by Crippen LogP contribution is 2.68. The van der Waals surface area contributed by atoms with Crippen LogP contribution < -0.4 is 4.90 Å². The van der Waals surface area contributed by atoms with Gasteiger partial charge in [0.05, 0.1) is 5.69 Å². The Balaban J connectivity index is 0.930. The number of hydrogen-bond donors (Lipinski definition) is 0. The van der Waals surface area contributed by atoms with Crippen LogP contribution in [0.25, 0.3) is 99.2 Å². The summed E-state index contributed by atoms with van der Waals surface area (Å²) < 4.78 is 14.2. The molecule has 0 radical (unpaired) electrons. The van der Waals surface area contributed by atoms with Gasteiger partial charge in [0.2, 0.25) is 0 Å². The second-order valence-corrected chi connectivity index (χ2v) is 31.1. The predicted octanol–water partition coefficient (Wildman–Crippen LogP) is 28.7. The van der Waals surface area contributed by atoms with Gasteiger partial charge in [-0.2, -0.15) is 0 Å². The summed E-state index contributed by atoms with van der Waals surface area (Å²) in [7, 11) is 0. The zero-order chi connectivity index (χ0) is 66.2. The van der Waals surface area contributed by atoms with Crippen molar-refractivity contribution in [2.24, 2.45) is 0 Å². The molecule has 3 heteroatoms. The molecular weight excluding hydrogens is 1180 g/mol. The summed E-state index contributed by atoms with van der Waals surface area (Å²) in [5.41, 5.74) is 29.9. The van der Waals surface area contributed by atoms with Crippen LogP contribution in [0.15, 0.2) is 185 Å². The van der Waals surface area contributed by atoms with Crippen molar-refractivity contribution in [3.8, 4) is 44.5 Å². The first-order valence-corrected chi connectivity index (χ1v) is 38.3. The van der Waals surface area contributed by atoms with Crippen LogP contribution >= 0.6 is 0 Å². The van der Waals surface area contributed by atoms with E-state index in [4.69, 9.17) is 8.83 Å². The van der Waals surface area contributed by atoms with Crippen molar-refractivity contribution in [1.82, 2.24) is 0 Å². The second-order valence-electron chi connectivity index (χ2n) is 31.1. The third kappa shape index (κ3) is 10.1. The molecule has 0 aliphatic heterocycles. The van der Waals surface area contributed by atoms with Gasteiger partial charge in [-0.3, -0.25) is 0 Å². The third-order valence-electron chi connectivity index (χ3n) is 24.6. The van der Waals surface area contributed by atoms with Crippen LogP contribution in [0, 0.1) is 0 Å². The quantitative estimate of drug-likeness (QED) is 0.0481. The van der Waals surface area contributed by atoms with Gasteiger partial charge in [-0.05, 0) is 175 Å². The van der Waals surface area contributed by atoms with Gasteiger partial charge in [-0.1, -0.05) is 299 Å². The van der Waals surface area contributed by atoms with E-state index >= 15 is 0 Å². The lowest BCUT2D eigenvalue weighted by Gasteiger charge is -2.40. The van der Waals surface area contributed by atoms with Crippen molar-refractivity contribution < 1.29 is 8.83 Å². The number of furan rings is 2. The average Bonchev–Trinajstić information content (AvgIpc) is 1.48. The smallest absolute Gasteiger partial charge is 0.144 e. The van der Waals surface area contributed by atoms with Crippen LogP contribution in [0.4, 0.5) is 17.1 Å². The van der Waals surface area contributed by atoms with E-state index in [2.05, 4.69) is 236 Å². The molecule has 0 amide bonds. The molecule has 2 aromatic heterocycles. The van der Waals surface area contributed by atoms with Gasteiger partial charge in [0.15, 0.2) is 0 Å². The molecule has 0 saturated carbocycles. The summed E-state index contributed by atoms with van der Waals surface area (Å²) in [4.78, 5) is 2.67. The van der Waals surface area contributed by atoms with Crippen molar-refractivity contribution in [2.75, 3.05) is 4.90 Å². The maximum absolute atomic E-state index is 7.65. The van der Waals surface area contributed by atoms with Crippen molar-refractivity contribution in [3.63, 3.8) is 0 Å². The van der Waals surface area contributed by atoms with Crippen LogP contribution in [-0.2, 0) is 21.7 Å². The molecule has 494 valence electrons. The molecule has 0 fully saturated rings. The van der Waals surface area contributed by atoms with Crippen LogP contribution in [-0.4, -0.2) is 0 Å². The highest BCUT2D eigenvalue weighted by Gasteiger charge is 2.54. The summed E-state index contributed by atoms with van der Waals surface area (Å²) >= 11 is 0. The molecule has 97 heavy (non-hydrogen) atoms. The average molecular weight is 1280 g/mol. The van der Waals surface area contributed by atoms with Gasteiger partial charge < -0.3 is 13.7 Å². The minimum atomic E-state index is -0.294. The van der Waals surface area contributed by atoms with E-state index < -0.39 is 0 Å². The molecule has 10 aromatic carbocycles. The van der Waals surface area contributed by atoms with E-state index in [0.29, 0.717) is 0 Å². The fourth-order valence-electron chi connectivity index (χ4n) is 19.7. The van der Waals surface area contributed by atoms with E-state index in [1.807, 2.05) is 0 Å². The number of rotatable bonds is 27. The fraction of sp³-hybridized carbons (Fsp3) is 0.383. The van der Waals surface area contributed by atoms with E-state index in [9.17, 15) is 0 Å². The molecule has 0 N–H and O–H groups in total. The first-order valence-electron chi connectivity index (χ1n) is 38.3. The third-order valence-corrected chi connectivity index (χ3v) is 24.6. The molecule has 2 heterocycles. The lowest BCUT2D eigenvalue weighted by atomic mass is 9.62. The van der Waals surface area contributed by atoms with Gasteiger partial charge in [-0.25, -0.2) is 0 Å². The molecule has 0 bridgehead atoms. The monoisotopic (exact) mass is 1280 g/mol. The lowest BCUT2D eigenvalue weighted by Crippen LogP contribution is -2.33. The van der Waals surface area contributed by atoms with E-state index in [0.717, 1.165) is 35.2 Å². The van der Waals surface area contributed by atoms with Gasteiger partial charge in [0, 0.05) is 65.5 Å². The van der Waals surface area contributed by atoms with Gasteiger partial charge in [0.25, 0.3) is 0 Å². The highest BCUT2D eigenvalue weighted by molar-refractivity contribution is 6.21. The summed E-state index contributed by atoms with van der Waals surface area (Å²) in [6.07, 6.45) is 29.9. The number of hydrogen-bond acceptors (Lipinski definition) is 3. The topological polar surface area (TPSA) is 29.5 Å². The number of anilines is 3. The summed E-state index contributed by atoms with van der Waals surface area (Å²) in [6.45, 7) is 19.3. The van der Waals surface area contributed by atoms with Gasteiger partial charge in [-0.15, -0.1) is 0 Å². The second kappa shape index (κ2) is 25.6. The highest BCUT2D eigenvalue weighted by atomic mass is 16.3. The molecule has 0 atom stereocenters. The first-order chi connectivity index (χ1) is 47.5. The molecule has 0 saturated heterocycles. The SMILES string of the molecule is CCCCCCCC1(CCCCCCC)c2cc(N(c3ccc4c(c3)C(C)(C)c3cc5c(cc3-4)C(C)(C)c3ccc4oc6ccccc6c4c3-5)c3cccc4ccccc34)ccc2-c2c1c1c(c3c2oc2ccccc23)-c2ccccc2C1(CCCCCCC)CCCCCCC. The normalized spacial score (nSPS) is 15.3. The zero-order valence-electron chi connectivity index (χ0n) is 59.5. The number of benzene rings is 10. The Morgan fingerprint density at radius 3 is 1.43 bits per heavy atom. The minimum Gasteiger partial charge on any atom is -0.456 e. The van der Waals surface area contributed by atoms with E-state index in [1.165, 1.54) is 263 Å².